The number of aryl methyl sites for hydroxylation is 1. The van der Waals surface area contributed by atoms with Crippen molar-refractivity contribution in [2.75, 3.05) is 12.9 Å². The molecule has 0 aliphatic rings. The Morgan fingerprint density at radius 1 is 0.971 bits per heavy atom. The third kappa shape index (κ3) is 6.05. The highest BCUT2D eigenvalue weighted by Gasteiger charge is 2.13. The van der Waals surface area contributed by atoms with Gasteiger partial charge >= 0.3 is 0 Å². The first-order chi connectivity index (χ1) is 16.6. The molecule has 1 aromatic heterocycles. The lowest BCUT2D eigenvalue weighted by Crippen LogP contribution is -2.27. The van der Waals surface area contributed by atoms with Crippen LogP contribution >= 0.6 is 11.8 Å². The standard InChI is InChI=1S/C27H27N3O3S/c1-33-22-15-13-21(14-16-22)18-28-25(31)19-34-27-29-24-12-6-5-11-23(24)26(32)30(27)17-7-10-20-8-3-2-4-9-20/h2-6,8-9,11-16H,7,10,17-19H2,1H3,(H,28,31). The van der Waals surface area contributed by atoms with Gasteiger partial charge in [0.15, 0.2) is 5.16 Å². The average molecular weight is 474 g/mol. The van der Waals surface area contributed by atoms with Gasteiger partial charge < -0.3 is 10.1 Å². The fourth-order valence-electron chi connectivity index (χ4n) is 3.67. The summed E-state index contributed by atoms with van der Waals surface area (Å²) in [7, 11) is 1.62. The minimum Gasteiger partial charge on any atom is -0.497 e. The summed E-state index contributed by atoms with van der Waals surface area (Å²) in [5.41, 5.74) is 2.80. The Morgan fingerprint density at radius 2 is 1.71 bits per heavy atom. The van der Waals surface area contributed by atoms with Crippen LogP contribution in [0.15, 0.2) is 88.8 Å². The summed E-state index contributed by atoms with van der Waals surface area (Å²) in [5.74, 6) is 0.844. The molecular weight excluding hydrogens is 446 g/mol. The van der Waals surface area contributed by atoms with Gasteiger partial charge in [0.05, 0.1) is 23.8 Å². The first kappa shape index (κ1) is 23.6. The van der Waals surface area contributed by atoms with Gasteiger partial charge in [-0.2, -0.15) is 0 Å². The molecule has 7 heteroatoms. The second-order valence-corrected chi connectivity index (χ2v) is 8.81. The van der Waals surface area contributed by atoms with Crippen LogP contribution in [-0.2, 0) is 24.3 Å². The first-order valence-corrected chi connectivity index (χ1v) is 12.2. The molecule has 34 heavy (non-hydrogen) atoms. The van der Waals surface area contributed by atoms with E-state index in [-0.39, 0.29) is 17.2 Å². The Balaban J connectivity index is 1.43. The number of rotatable bonds is 10. The topological polar surface area (TPSA) is 73.2 Å². The molecule has 0 saturated heterocycles. The number of nitrogens with one attached hydrogen (secondary N) is 1. The maximum Gasteiger partial charge on any atom is 0.262 e. The Kier molecular flexibility index (Phi) is 7.99. The molecule has 3 aromatic carbocycles. The van der Waals surface area contributed by atoms with Crippen molar-refractivity contribution in [3.8, 4) is 5.75 Å². The normalized spacial score (nSPS) is 10.9. The van der Waals surface area contributed by atoms with Gasteiger partial charge in [-0.05, 0) is 48.2 Å². The predicted octanol–water partition coefficient (Wildman–Crippen LogP) is 4.45. The first-order valence-electron chi connectivity index (χ1n) is 11.2. The molecule has 1 amide bonds. The van der Waals surface area contributed by atoms with E-state index in [1.165, 1.54) is 17.3 Å². The molecule has 0 unspecified atom stereocenters. The monoisotopic (exact) mass is 473 g/mol. The van der Waals surface area contributed by atoms with Crippen LogP contribution in [0, 0.1) is 0 Å². The summed E-state index contributed by atoms with van der Waals surface area (Å²) in [6.45, 7) is 0.972. The summed E-state index contributed by atoms with van der Waals surface area (Å²) in [6.07, 6.45) is 1.67. The number of aromatic nitrogens is 2. The van der Waals surface area contributed by atoms with E-state index in [0.29, 0.717) is 29.1 Å². The van der Waals surface area contributed by atoms with Gasteiger partial charge in [-0.15, -0.1) is 0 Å². The lowest BCUT2D eigenvalue weighted by atomic mass is 10.1. The van der Waals surface area contributed by atoms with Crippen molar-refractivity contribution in [3.05, 3.63) is 100 Å². The van der Waals surface area contributed by atoms with Crippen LogP contribution in [0.5, 0.6) is 5.75 Å². The fourth-order valence-corrected chi connectivity index (χ4v) is 4.52. The summed E-state index contributed by atoms with van der Waals surface area (Å²) in [4.78, 5) is 30.4. The van der Waals surface area contributed by atoms with Crippen molar-refractivity contribution >= 4 is 28.6 Å². The molecule has 0 aliphatic heterocycles. The van der Waals surface area contributed by atoms with Crippen LogP contribution in [0.1, 0.15) is 17.5 Å². The van der Waals surface area contributed by atoms with Crippen molar-refractivity contribution in [2.45, 2.75) is 31.1 Å². The van der Waals surface area contributed by atoms with Gasteiger partial charge in [-0.25, -0.2) is 4.98 Å². The second kappa shape index (κ2) is 11.5. The summed E-state index contributed by atoms with van der Waals surface area (Å²) in [5, 5.41) is 4.09. The summed E-state index contributed by atoms with van der Waals surface area (Å²) in [6, 6.07) is 25.1. The zero-order chi connectivity index (χ0) is 23.8. The number of ether oxygens (including phenoxy) is 1. The van der Waals surface area contributed by atoms with Crippen LogP contribution in [0.25, 0.3) is 10.9 Å². The number of hydrogen-bond acceptors (Lipinski definition) is 5. The molecule has 0 atom stereocenters. The number of carbonyl (C=O) groups is 1. The predicted molar refractivity (Wildman–Crippen MR) is 136 cm³/mol. The van der Waals surface area contributed by atoms with E-state index in [4.69, 9.17) is 9.72 Å². The fraction of sp³-hybridized carbons (Fsp3) is 0.222. The number of methoxy groups -OCH3 is 1. The van der Waals surface area contributed by atoms with Crippen LogP contribution in [0.4, 0.5) is 0 Å². The number of carbonyl (C=O) groups excluding carboxylic acids is 1. The van der Waals surface area contributed by atoms with Crippen LogP contribution in [0.3, 0.4) is 0 Å². The molecule has 4 aromatic rings. The van der Waals surface area contributed by atoms with E-state index in [0.717, 1.165) is 24.2 Å². The highest BCUT2D eigenvalue weighted by Crippen LogP contribution is 2.19. The van der Waals surface area contributed by atoms with Gasteiger partial charge in [0, 0.05) is 13.1 Å². The van der Waals surface area contributed by atoms with E-state index in [2.05, 4.69) is 17.4 Å². The zero-order valence-corrected chi connectivity index (χ0v) is 19.9. The van der Waals surface area contributed by atoms with E-state index in [1.807, 2.05) is 60.7 Å². The lowest BCUT2D eigenvalue weighted by Gasteiger charge is -2.13. The molecule has 1 N–H and O–H groups in total. The maximum absolute atomic E-state index is 13.2. The molecule has 174 valence electrons. The molecule has 0 spiro atoms. The van der Waals surface area contributed by atoms with Crippen LogP contribution in [0.2, 0.25) is 0 Å². The number of thioether (sulfide) groups is 1. The smallest absolute Gasteiger partial charge is 0.262 e. The van der Waals surface area contributed by atoms with Gasteiger partial charge in [-0.1, -0.05) is 66.4 Å². The molecule has 0 bridgehead atoms. The van der Waals surface area contributed by atoms with Crippen LogP contribution in [-0.4, -0.2) is 28.3 Å². The molecule has 0 radical (unpaired) electrons. The Bertz CT molecular complexity index is 1300. The molecule has 6 nitrogen and oxygen atoms in total. The molecular formula is C27H27N3O3S. The van der Waals surface area contributed by atoms with Gasteiger partial charge in [0.25, 0.3) is 5.56 Å². The number of para-hydroxylation sites is 1. The SMILES string of the molecule is COc1ccc(CNC(=O)CSc2nc3ccccc3c(=O)n2CCCc2ccccc2)cc1. The summed E-state index contributed by atoms with van der Waals surface area (Å²) >= 11 is 1.29. The summed E-state index contributed by atoms with van der Waals surface area (Å²) < 4.78 is 6.86. The number of amides is 1. The number of benzene rings is 3. The largest absolute Gasteiger partial charge is 0.497 e. The Morgan fingerprint density at radius 3 is 2.47 bits per heavy atom. The van der Waals surface area contributed by atoms with E-state index in [9.17, 15) is 9.59 Å². The Hall–Kier alpha value is -3.58. The third-order valence-electron chi connectivity index (χ3n) is 5.50. The Labute approximate surface area is 203 Å². The third-order valence-corrected chi connectivity index (χ3v) is 6.47. The van der Waals surface area contributed by atoms with Crippen molar-refractivity contribution in [1.29, 1.82) is 0 Å². The number of fused-ring (bicyclic) bond motifs is 1. The highest BCUT2D eigenvalue weighted by molar-refractivity contribution is 7.99. The van der Waals surface area contributed by atoms with E-state index >= 15 is 0 Å². The molecule has 4 rings (SSSR count). The van der Waals surface area contributed by atoms with Crippen molar-refractivity contribution in [2.24, 2.45) is 0 Å². The average Bonchev–Trinajstić information content (AvgIpc) is 2.88. The van der Waals surface area contributed by atoms with Gasteiger partial charge in [-0.3, -0.25) is 14.2 Å². The van der Waals surface area contributed by atoms with Crippen LogP contribution < -0.4 is 15.6 Å². The zero-order valence-electron chi connectivity index (χ0n) is 19.1. The van der Waals surface area contributed by atoms with E-state index < -0.39 is 0 Å². The molecule has 0 fully saturated rings. The number of nitrogens with zero attached hydrogens (tertiary/aromatic N) is 2. The van der Waals surface area contributed by atoms with Gasteiger partial charge in [0.2, 0.25) is 5.91 Å². The molecule has 0 saturated carbocycles. The maximum atomic E-state index is 13.2. The van der Waals surface area contributed by atoms with Crippen molar-refractivity contribution in [1.82, 2.24) is 14.9 Å². The molecule has 1 heterocycles. The molecule has 0 aliphatic carbocycles. The number of hydrogen-bond donors (Lipinski definition) is 1. The van der Waals surface area contributed by atoms with Gasteiger partial charge in [0.1, 0.15) is 5.75 Å². The lowest BCUT2D eigenvalue weighted by molar-refractivity contribution is -0.118. The van der Waals surface area contributed by atoms with Crippen molar-refractivity contribution in [3.63, 3.8) is 0 Å². The quantitative estimate of drug-likeness (QED) is 0.272. The minimum atomic E-state index is -0.112. The minimum absolute atomic E-state index is 0.0696. The highest BCUT2D eigenvalue weighted by atomic mass is 32.2. The second-order valence-electron chi connectivity index (χ2n) is 7.87. The van der Waals surface area contributed by atoms with Crippen molar-refractivity contribution < 1.29 is 9.53 Å². The van der Waals surface area contributed by atoms with E-state index in [1.54, 1.807) is 17.7 Å².